The van der Waals surface area contributed by atoms with Gasteiger partial charge in [0.15, 0.2) is 0 Å². The Morgan fingerprint density at radius 1 is 1.24 bits per heavy atom. The molecule has 0 radical (unpaired) electrons. The van der Waals surface area contributed by atoms with Crippen LogP contribution in [0.4, 0.5) is 0 Å². The molecule has 0 aromatic heterocycles. The summed E-state index contributed by atoms with van der Waals surface area (Å²) in [5.41, 5.74) is 10.7. The second kappa shape index (κ2) is 6.50. The third kappa shape index (κ3) is 3.87. The van der Waals surface area contributed by atoms with Gasteiger partial charge in [0, 0.05) is 18.6 Å². The fourth-order valence-corrected chi connectivity index (χ4v) is 3.76. The van der Waals surface area contributed by atoms with Gasteiger partial charge in [0.25, 0.3) is 0 Å². The molecule has 0 spiro atoms. The van der Waals surface area contributed by atoms with Crippen LogP contribution >= 0.6 is 0 Å². The lowest BCUT2D eigenvalue weighted by Gasteiger charge is -2.42. The third-order valence-corrected chi connectivity index (χ3v) is 5.38. The van der Waals surface area contributed by atoms with E-state index in [4.69, 9.17) is 5.73 Å². The molecule has 1 aliphatic carbocycles. The topological polar surface area (TPSA) is 29.3 Å². The van der Waals surface area contributed by atoms with Crippen LogP contribution in [0.15, 0.2) is 18.2 Å². The minimum atomic E-state index is 0.344. The first kappa shape index (κ1) is 16.5. The number of nitrogens with zero attached hydrogens (tertiary/aromatic N) is 1. The van der Waals surface area contributed by atoms with Crippen molar-refractivity contribution in [1.29, 1.82) is 0 Å². The summed E-state index contributed by atoms with van der Waals surface area (Å²) in [7, 11) is 2.26. The van der Waals surface area contributed by atoms with Gasteiger partial charge in [0.2, 0.25) is 0 Å². The summed E-state index contributed by atoms with van der Waals surface area (Å²) in [5.74, 6) is 0. The Labute approximate surface area is 130 Å². The first-order valence-corrected chi connectivity index (χ1v) is 8.33. The van der Waals surface area contributed by atoms with E-state index in [-0.39, 0.29) is 0 Å². The lowest BCUT2D eigenvalue weighted by molar-refractivity contribution is 0.0964. The smallest absolute Gasteiger partial charge is 0.0472 e. The molecule has 1 fully saturated rings. The lowest BCUT2D eigenvalue weighted by Crippen LogP contribution is -2.42. The van der Waals surface area contributed by atoms with Gasteiger partial charge in [-0.15, -0.1) is 0 Å². The maximum absolute atomic E-state index is 6.13. The van der Waals surface area contributed by atoms with Crippen LogP contribution < -0.4 is 5.73 Å². The van der Waals surface area contributed by atoms with Gasteiger partial charge >= 0.3 is 0 Å². The van der Waals surface area contributed by atoms with Crippen LogP contribution in [0.2, 0.25) is 0 Å². The molecule has 1 aromatic rings. The highest BCUT2D eigenvalue weighted by atomic mass is 15.2. The number of hydrogen-bond acceptors (Lipinski definition) is 2. The average Bonchev–Trinajstić information content (AvgIpc) is 2.41. The Morgan fingerprint density at radius 3 is 2.38 bits per heavy atom. The molecule has 21 heavy (non-hydrogen) atoms. The summed E-state index contributed by atoms with van der Waals surface area (Å²) >= 11 is 0. The number of hydrogen-bond donors (Lipinski definition) is 1. The highest BCUT2D eigenvalue weighted by molar-refractivity contribution is 5.33. The number of benzene rings is 1. The van der Waals surface area contributed by atoms with Gasteiger partial charge in [-0.1, -0.05) is 37.6 Å². The van der Waals surface area contributed by atoms with E-state index in [1.165, 1.54) is 42.4 Å². The summed E-state index contributed by atoms with van der Waals surface area (Å²) in [4.78, 5) is 2.53. The monoisotopic (exact) mass is 288 g/mol. The minimum Gasteiger partial charge on any atom is -0.329 e. The normalized spacial score (nSPS) is 20.7. The molecule has 0 bridgehead atoms. The van der Waals surface area contributed by atoms with E-state index in [0.29, 0.717) is 24.0 Å². The van der Waals surface area contributed by atoms with Gasteiger partial charge < -0.3 is 5.73 Å². The second-order valence-corrected chi connectivity index (χ2v) is 7.67. The van der Waals surface area contributed by atoms with Crippen molar-refractivity contribution >= 4 is 0 Å². The van der Waals surface area contributed by atoms with Crippen LogP contribution in [0.1, 0.15) is 62.3 Å². The quantitative estimate of drug-likeness (QED) is 0.899. The molecule has 1 aromatic carbocycles. The molecule has 2 N–H and O–H groups in total. The summed E-state index contributed by atoms with van der Waals surface area (Å²) in [6.45, 7) is 9.85. The molecule has 0 amide bonds. The van der Waals surface area contributed by atoms with Gasteiger partial charge in [0.1, 0.15) is 0 Å². The maximum Gasteiger partial charge on any atom is 0.0472 e. The van der Waals surface area contributed by atoms with Crippen molar-refractivity contribution < 1.29 is 0 Å². The average molecular weight is 288 g/mol. The zero-order valence-electron chi connectivity index (χ0n) is 14.4. The van der Waals surface area contributed by atoms with Gasteiger partial charge in [-0.25, -0.2) is 0 Å². The number of likely N-dealkylation sites (N-methyl/N-ethyl adjacent to an activating group) is 1. The first-order valence-electron chi connectivity index (χ1n) is 8.33. The van der Waals surface area contributed by atoms with Crippen LogP contribution in [0.3, 0.4) is 0 Å². The fraction of sp³-hybridized carbons (Fsp3) is 0.684. The molecule has 2 nitrogen and oxygen atoms in total. The Morgan fingerprint density at radius 2 is 1.86 bits per heavy atom. The standard InChI is InChI=1S/C19H32N2/c1-14-6-7-17(15(2)12-14)18(13-20)21(5)16-8-10-19(3,4)11-9-16/h6-7,12,16,18H,8-11,13,20H2,1-5H3. The second-order valence-electron chi connectivity index (χ2n) is 7.67. The van der Waals surface area contributed by atoms with E-state index in [1.54, 1.807) is 0 Å². The Bertz CT molecular complexity index is 468. The number of rotatable bonds is 4. The third-order valence-electron chi connectivity index (χ3n) is 5.38. The number of nitrogens with two attached hydrogens (primary N) is 1. The molecule has 2 heteroatoms. The van der Waals surface area contributed by atoms with Crippen LogP contribution in [-0.2, 0) is 0 Å². The lowest BCUT2D eigenvalue weighted by atomic mass is 9.75. The van der Waals surface area contributed by atoms with E-state index in [9.17, 15) is 0 Å². The van der Waals surface area contributed by atoms with Crippen molar-refractivity contribution in [3.8, 4) is 0 Å². The van der Waals surface area contributed by atoms with Gasteiger partial charge in [0.05, 0.1) is 0 Å². The molecule has 1 unspecified atom stereocenters. The van der Waals surface area contributed by atoms with Crippen molar-refractivity contribution in [2.45, 2.75) is 65.5 Å². The van der Waals surface area contributed by atoms with E-state index >= 15 is 0 Å². The Hall–Kier alpha value is -0.860. The molecular weight excluding hydrogens is 256 g/mol. The summed E-state index contributed by atoms with van der Waals surface area (Å²) in [6, 6.07) is 7.77. The SMILES string of the molecule is Cc1ccc(C(CN)N(C)C2CCC(C)(C)CC2)c(C)c1. The highest BCUT2D eigenvalue weighted by Gasteiger charge is 2.31. The minimum absolute atomic E-state index is 0.344. The first-order chi connectivity index (χ1) is 9.84. The van der Waals surface area contributed by atoms with Crippen LogP contribution in [-0.4, -0.2) is 24.5 Å². The van der Waals surface area contributed by atoms with E-state index < -0.39 is 0 Å². The van der Waals surface area contributed by atoms with Gasteiger partial charge in [-0.2, -0.15) is 0 Å². The van der Waals surface area contributed by atoms with Crippen molar-refractivity contribution in [2.24, 2.45) is 11.1 Å². The number of aryl methyl sites for hydroxylation is 2. The summed E-state index contributed by atoms with van der Waals surface area (Å²) in [5, 5.41) is 0. The van der Waals surface area contributed by atoms with Crippen molar-refractivity contribution in [3.63, 3.8) is 0 Å². The van der Waals surface area contributed by atoms with Crippen LogP contribution in [0, 0.1) is 19.3 Å². The molecule has 1 aliphatic rings. The predicted octanol–water partition coefficient (Wildman–Crippen LogP) is 4.20. The Kier molecular flexibility index (Phi) is 5.11. The summed E-state index contributed by atoms with van der Waals surface area (Å²) in [6.07, 6.45) is 5.24. The van der Waals surface area contributed by atoms with Crippen LogP contribution in [0.25, 0.3) is 0 Å². The Balaban J connectivity index is 2.13. The molecule has 0 saturated heterocycles. The molecule has 0 aliphatic heterocycles. The predicted molar refractivity (Wildman–Crippen MR) is 91.5 cm³/mol. The molecule has 0 heterocycles. The highest BCUT2D eigenvalue weighted by Crippen LogP contribution is 2.38. The van der Waals surface area contributed by atoms with Gasteiger partial charge in [-0.05, 0) is 63.1 Å². The fourth-order valence-electron chi connectivity index (χ4n) is 3.76. The molecular formula is C19H32N2. The largest absolute Gasteiger partial charge is 0.329 e. The maximum atomic E-state index is 6.13. The van der Waals surface area contributed by atoms with Crippen LogP contribution in [0.5, 0.6) is 0 Å². The molecule has 2 rings (SSSR count). The van der Waals surface area contributed by atoms with E-state index in [2.05, 4.69) is 57.8 Å². The van der Waals surface area contributed by atoms with Gasteiger partial charge in [-0.3, -0.25) is 4.90 Å². The van der Waals surface area contributed by atoms with Crippen molar-refractivity contribution in [1.82, 2.24) is 4.90 Å². The van der Waals surface area contributed by atoms with Crippen molar-refractivity contribution in [2.75, 3.05) is 13.6 Å². The summed E-state index contributed by atoms with van der Waals surface area (Å²) < 4.78 is 0. The van der Waals surface area contributed by atoms with Crippen molar-refractivity contribution in [3.05, 3.63) is 34.9 Å². The molecule has 1 saturated carbocycles. The molecule has 1 atom stereocenters. The molecule has 118 valence electrons. The zero-order chi connectivity index (χ0) is 15.6. The zero-order valence-corrected chi connectivity index (χ0v) is 14.4. The van der Waals surface area contributed by atoms with E-state index in [1.807, 2.05) is 0 Å². The van der Waals surface area contributed by atoms with E-state index in [0.717, 1.165) is 0 Å².